The van der Waals surface area contributed by atoms with Crippen LogP contribution in [-0.2, 0) is 9.59 Å². The van der Waals surface area contributed by atoms with Crippen molar-refractivity contribution in [3.8, 4) is 0 Å². The number of hydrogen-bond donors (Lipinski definition) is 3. The molecule has 0 heterocycles. The highest BCUT2D eigenvalue weighted by molar-refractivity contribution is 5.90. The molecule has 0 radical (unpaired) electrons. The molecule has 0 atom stereocenters. The van der Waals surface area contributed by atoms with E-state index in [4.69, 9.17) is 5.73 Å². The lowest BCUT2D eigenvalue weighted by molar-refractivity contribution is -0.132. The average Bonchev–Trinajstić information content (AvgIpc) is 2.26. The van der Waals surface area contributed by atoms with Crippen LogP contribution >= 0.6 is 0 Å². The topological polar surface area (TPSA) is 84.2 Å². The first-order valence-corrected chi connectivity index (χ1v) is 5.78. The molecular formula is C11H23N3O2. The van der Waals surface area contributed by atoms with E-state index in [1.54, 1.807) is 0 Å². The predicted octanol–water partition coefficient (Wildman–Crippen LogP) is 0.146. The molecular weight excluding hydrogens is 206 g/mol. The Bertz CT molecular complexity index is 237. The minimum atomic E-state index is -0.878. The Hall–Kier alpha value is -1.10. The van der Waals surface area contributed by atoms with Gasteiger partial charge in [-0.25, -0.2) is 0 Å². The molecule has 0 spiro atoms. The summed E-state index contributed by atoms with van der Waals surface area (Å²) in [6.07, 6.45) is 2.22. The van der Waals surface area contributed by atoms with Crippen LogP contribution in [0.5, 0.6) is 0 Å². The lowest BCUT2D eigenvalue weighted by Crippen LogP contribution is -2.56. The largest absolute Gasteiger partial charge is 0.368 e. The molecule has 0 fully saturated rings. The number of nitrogens with one attached hydrogen (secondary N) is 2. The Balaban J connectivity index is 4.29. The van der Waals surface area contributed by atoms with Crippen LogP contribution in [0.2, 0.25) is 0 Å². The van der Waals surface area contributed by atoms with E-state index in [9.17, 15) is 9.59 Å². The van der Waals surface area contributed by atoms with Crippen molar-refractivity contribution in [2.45, 2.75) is 45.1 Å². The van der Waals surface area contributed by atoms with E-state index < -0.39 is 11.4 Å². The number of primary amides is 1. The van der Waals surface area contributed by atoms with Gasteiger partial charge < -0.3 is 16.4 Å². The van der Waals surface area contributed by atoms with Gasteiger partial charge in [0.1, 0.15) is 5.54 Å². The Kier molecular flexibility index (Phi) is 6.72. The van der Waals surface area contributed by atoms with Gasteiger partial charge in [0.15, 0.2) is 0 Å². The van der Waals surface area contributed by atoms with Crippen molar-refractivity contribution < 1.29 is 9.59 Å². The highest BCUT2D eigenvalue weighted by Crippen LogP contribution is 2.14. The van der Waals surface area contributed by atoms with Crippen molar-refractivity contribution in [2.75, 3.05) is 13.6 Å². The van der Waals surface area contributed by atoms with Crippen LogP contribution in [-0.4, -0.2) is 30.9 Å². The van der Waals surface area contributed by atoms with Crippen LogP contribution in [0.25, 0.3) is 0 Å². The molecule has 5 nitrogen and oxygen atoms in total. The molecule has 0 bridgehead atoms. The van der Waals surface area contributed by atoms with Crippen molar-refractivity contribution in [1.82, 2.24) is 10.6 Å². The molecule has 16 heavy (non-hydrogen) atoms. The minimum Gasteiger partial charge on any atom is -0.368 e. The quantitative estimate of drug-likeness (QED) is 0.518. The number of nitrogens with two attached hydrogens (primary N) is 1. The Morgan fingerprint density at radius 3 is 2.19 bits per heavy atom. The molecule has 0 unspecified atom stereocenters. The number of carbonyl (C=O) groups excluding carboxylic acids is 2. The summed E-state index contributed by atoms with van der Waals surface area (Å²) in [6, 6.07) is 0. The molecule has 2 amide bonds. The molecule has 0 rings (SSSR count). The molecule has 0 saturated heterocycles. The van der Waals surface area contributed by atoms with Crippen LogP contribution in [0.3, 0.4) is 0 Å². The van der Waals surface area contributed by atoms with Gasteiger partial charge >= 0.3 is 0 Å². The Labute approximate surface area is 97.2 Å². The molecule has 0 saturated carbocycles. The maximum Gasteiger partial charge on any atom is 0.243 e. The van der Waals surface area contributed by atoms with E-state index in [1.807, 2.05) is 20.9 Å². The monoisotopic (exact) mass is 229 g/mol. The lowest BCUT2D eigenvalue weighted by atomic mass is 9.91. The fourth-order valence-electron chi connectivity index (χ4n) is 1.59. The number of hydrogen-bond acceptors (Lipinski definition) is 3. The fourth-order valence-corrected chi connectivity index (χ4v) is 1.59. The zero-order chi connectivity index (χ0) is 12.6. The maximum atomic E-state index is 11.6. The van der Waals surface area contributed by atoms with Crippen LogP contribution in [0.1, 0.15) is 39.5 Å². The number of amides is 2. The fraction of sp³-hybridized carbons (Fsp3) is 0.818. The second kappa shape index (κ2) is 7.22. The van der Waals surface area contributed by atoms with Crippen LogP contribution in [0.4, 0.5) is 0 Å². The lowest BCUT2D eigenvalue weighted by Gasteiger charge is -2.29. The minimum absolute atomic E-state index is 0.113. The molecule has 0 aliphatic heterocycles. The first kappa shape index (κ1) is 14.9. The first-order chi connectivity index (χ1) is 7.52. The van der Waals surface area contributed by atoms with Crippen molar-refractivity contribution in [3.05, 3.63) is 0 Å². The van der Waals surface area contributed by atoms with E-state index in [0.717, 1.165) is 13.0 Å². The van der Waals surface area contributed by atoms with E-state index >= 15 is 0 Å². The summed E-state index contributed by atoms with van der Waals surface area (Å²) in [4.78, 5) is 23.0. The summed E-state index contributed by atoms with van der Waals surface area (Å²) in [7, 11) is 1.84. The van der Waals surface area contributed by atoms with Gasteiger partial charge in [0.2, 0.25) is 11.8 Å². The maximum absolute atomic E-state index is 11.6. The van der Waals surface area contributed by atoms with E-state index in [1.165, 1.54) is 0 Å². The van der Waals surface area contributed by atoms with Crippen LogP contribution in [0, 0.1) is 0 Å². The Morgan fingerprint density at radius 2 is 1.81 bits per heavy atom. The summed E-state index contributed by atoms with van der Waals surface area (Å²) in [5.74, 6) is -0.572. The Morgan fingerprint density at radius 1 is 1.25 bits per heavy atom. The van der Waals surface area contributed by atoms with Gasteiger partial charge in [-0.2, -0.15) is 0 Å². The summed E-state index contributed by atoms with van der Waals surface area (Å²) in [6.45, 7) is 4.49. The second-order valence-electron chi connectivity index (χ2n) is 3.91. The third-order valence-electron chi connectivity index (χ3n) is 2.89. The molecule has 0 aromatic rings. The molecule has 0 aliphatic rings. The predicted molar refractivity (Wildman–Crippen MR) is 63.8 cm³/mol. The SMILES string of the molecule is CCC(CC)(NC(=O)CCCNC)C(N)=O. The first-order valence-electron chi connectivity index (χ1n) is 5.78. The zero-order valence-electron chi connectivity index (χ0n) is 10.4. The van der Waals surface area contributed by atoms with Crippen molar-refractivity contribution in [1.29, 1.82) is 0 Å². The van der Waals surface area contributed by atoms with E-state index in [2.05, 4.69) is 10.6 Å². The molecule has 94 valence electrons. The standard InChI is InChI=1S/C11H23N3O2/c1-4-11(5-2,10(12)16)14-9(15)7-6-8-13-3/h13H,4-8H2,1-3H3,(H2,12,16)(H,14,15). The zero-order valence-corrected chi connectivity index (χ0v) is 10.4. The van der Waals surface area contributed by atoms with E-state index in [0.29, 0.717) is 19.3 Å². The number of carbonyl (C=O) groups is 2. The third kappa shape index (κ3) is 4.18. The van der Waals surface area contributed by atoms with Gasteiger partial charge in [-0.1, -0.05) is 13.8 Å². The highest BCUT2D eigenvalue weighted by Gasteiger charge is 2.33. The normalized spacial score (nSPS) is 11.2. The van der Waals surface area contributed by atoms with Gasteiger partial charge in [0.05, 0.1) is 0 Å². The second-order valence-corrected chi connectivity index (χ2v) is 3.91. The molecule has 5 heteroatoms. The smallest absolute Gasteiger partial charge is 0.243 e. The average molecular weight is 229 g/mol. The van der Waals surface area contributed by atoms with Gasteiger partial charge in [-0.3, -0.25) is 9.59 Å². The highest BCUT2D eigenvalue weighted by atomic mass is 16.2. The molecule has 0 aromatic heterocycles. The molecule has 0 aliphatic carbocycles. The third-order valence-corrected chi connectivity index (χ3v) is 2.89. The van der Waals surface area contributed by atoms with Gasteiger partial charge in [-0.05, 0) is 32.9 Å². The molecule has 0 aromatic carbocycles. The van der Waals surface area contributed by atoms with Gasteiger partial charge in [0.25, 0.3) is 0 Å². The number of rotatable bonds is 8. The van der Waals surface area contributed by atoms with Crippen molar-refractivity contribution in [3.63, 3.8) is 0 Å². The molecule has 4 N–H and O–H groups in total. The van der Waals surface area contributed by atoms with Crippen molar-refractivity contribution in [2.24, 2.45) is 5.73 Å². The van der Waals surface area contributed by atoms with Crippen LogP contribution in [0.15, 0.2) is 0 Å². The van der Waals surface area contributed by atoms with Gasteiger partial charge in [-0.15, -0.1) is 0 Å². The summed E-state index contributed by atoms with van der Waals surface area (Å²) in [5.41, 5.74) is 4.45. The van der Waals surface area contributed by atoms with Gasteiger partial charge in [0, 0.05) is 6.42 Å². The summed E-state index contributed by atoms with van der Waals surface area (Å²) < 4.78 is 0. The van der Waals surface area contributed by atoms with Crippen molar-refractivity contribution >= 4 is 11.8 Å². The van der Waals surface area contributed by atoms with E-state index in [-0.39, 0.29) is 5.91 Å². The summed E-state index contributed by atoms with van der Waals surface area (Å²) >= 11 is 0. The van der Waals surface area contributed by atoms with Crippen LogP contribution < -0.4 is 16.4 Å². The summed E-state index contributed by atoms with van der Waals surface area (Å²) in [5, 5.41) is 5.71.